The topological polar surface area (TPSA) is 72.7 Å². The highest BCUT2D eigenvalue weighted by Crippen LogP contribution is 2.23. The van der Waals surface area contributed by atoms with Crippen LogP contribution in [0, 0.1) is 5.92 Å². The molecular formula is C7H17NO3Si. The van der Waals surface area contributed by atoms with E-state index in [1.165, 1.54) is 6.42 Å². The Hall–Kier alpha value is 0.0569. The first-order valence-corrected chi connectivity index (χ1v) is 6.26. The van der Waals surface area contributed by atoms with E-state index in [4.69, 9.17) is 14.4 Å². The number of nitrogens with one attached hydrogen (secondary N) is 1. The van der Waals surface area contributed by atoms with E-state index in [-0.39, 0.29) is 6.04 Å². The second-order valence-corrected chi connectivity index (χ2v) is 5.31. The zero-order valence-electron chi connectivity index (χ0n) is 7.32. The Bertz CT molecular complexity index is 148. The summed E-state index contributed by atoms with van der Waals surface area (Å²) in [5.41, 5.74) is 0. The fraction of sp³-hybridized carbons (Fsp3) is 1.00. The normalized spacial score (nSPS) is 32.0. The third-order valence-electron chi connectivity index (χ3n) is 2.33. The summed E-state index contributed by atoms with van der Waals surface area (Å²) in [6.45, 7) is 2.14. The van der Waals surface area contributed by atoms with E-state index < -0.39 is 8.97 Å². The lowest BCUT2D eigenvalue weighted by atomic mass is 9.88. The molecule has 4 nitrogen and oxygen atoms in total. The molecule has 0 heterocycles. The van der Waals surface area contributed by atoms with Gasteiger partial charge >= 0.3 is 8.97 Å². The SMILES string of the molecule is CC1CCCC(N[Si](O)(O)O)C1. The van der Waals surface area contributed by atoms with Crippen molar-refractivity contribution in [2.24, 2.45) is 5.92 Å². The van der Waals surface area contributed by atoms with Gasteiger partial charge in [0.05, 0.1) is 0 Å². The molecule has 1 fully saturated rings. The molecular weight excluding hydrogens is 174 g/mol. The van der Waals surface area contributed by atoms with Gasteiger partial charge in [-0.25, -0.2) is 0 Å². The average molecular weight is 191 g/mol. The van der Waals surface area contributed by atoms with Crippen molar-refractivity contribution in [1.29, 1.82) is 0 Å². The van der Waals surface area contributed by atoms with Crippen LogP contribution in [0.2, 0.25) is 0 Å². The zero-order valence-corrected chi connectivity index (χ0v) is 8.32. The lowest BCUT2D eigenvalue weighted by Crippen LogP contribution is -2.57. The molecule has 0 saturated heterocycles. The fourth-order valence-corrected chi connectivity index (χ4v) is 2.65. The van der Waals surface area contributed by atoms with Crippen LogP contribution in [0.25, 0.3) is 0 Å². The lowest BCUT2D eigenvalue weighted by Gasteiger charge is -2.29. The van der Waals surface area contributed by atoms with Crippen LogP contribution in [0.15, 0.2) is 0 Å². The van der Waals surface area contributed by atoms with Gasteiger partial charge in [0.15, 0.2) is 0 Å². The van der Waals surface area contributed by atoms with Crippen LogP contribution in [0.5, 0.6) is 0 Å². The van der Waals surface area contributed by atoms with Crippen LogP contribution >= 0.6 is 0 Å². The molecule has 1 rings (SSSR count). The molecule has 1 saturated carbocycles. The van der Waals surface area contributed by atoms with Crippen molar-refractivity contribution in [3.05, 3.63) is 0 Å². The van der Waals surface area contributed by atoms with Gasteiger partial charge in [-0.2, -0.15) is 0 Å². The van der Waals surface area contributed by atoms with E-state index in [0.717, 1.165) is 19.3 Å². The summed E-state index contributed by atoms with van der Waals surface area (Å²) < 4.78 is 0. The smallest absolute Gasteiger partial charge is 0.377 e. The van der Waals surface area contributed by atoms with Crippen LogP contribution in [0.3, 0.4) is 0 Å². The first-order chi connectivity index (χ1) is 5.47. The molecule has 72 valence electrons. The molecule has 0 amide bonds. The summed E-state index contributed by atoms with van der Waals surface area (Å²) >= 11 is 0. The van der Waals surface area contributed by atoms with Crippen molar-refractivity contribution < 1.29 is 14.4 Å². The molecule has 2 unspecified atom stereocenters. The molecule has 12 heavy (non-hydrogen) atoms. The van der Waals surface area contributed by atoms with Gasteiger partial charge < -0.3 is 14.4 Å². The Morgan fingerprint density at radius 2 is 1.92 bits per heavy atom. The van der Waals surface area contributed by atoms with Crippen LogP contribution in [-0.2, 0) is 0 Å². The Kier molecular flexibility index (Phi) is 3.25. The third kappa shape index (κ3) is 3.64. The van der Waals surface area contributed by atoms with Gasteiger partial charge in [-0.05, 0) is 18.8 Å². The van der Waals surface area contributed by atoms with Gasteiger partial charge in [0.2, 0.25) is 0 Å². The van der Waals surface area contributed by atoms with Crippen molar-refractivity contribution in [2.75, 3.05) is 0 Å². The highest BCUT2D eigenvalue weighted by molar-refractivity contribution is 6.53. The van der Waals surface area contributed by atoms with E-state index in [2.05, 4.69) is 11.9 Å². The maximum atomic E-state index is 8.80. The number of hydrogen-bond acceptors (Lipinski definition) is 4. The predicted molar refractivity (Wildman–Crippen MR) is 47.0 cm³/mol. The minimum Gasteiger partial charge on any atom is -0.377 e. The second kappa shape index (κ2) is 3.84. The molecule has 0 aromatic heterocycles. The average Bonchev–Trinajstić information content (AvgIpc) is 1.82. The van der Waals surface area contributed by atoms with Gasteiger partial charge in [-0.15, -0.1) is 0 Å². The first-order valence-electron chi connectivity index (χ1n) is 4.42. The Labute approximate surface area is 73.7 Å². The number of hydrogen-bond donors (Lipinski definition) is 4. The van der Waals surface area contributed by atoms with Crippen molar-refractivity contribution in [2.45, 2.75) is 38.6 Å². The number of rotatable bonds is 2. The largest absolute Gasteiger partial charge is 0.588 e. The van der Waals surface area contributed by atoms with Crippen LogP contribution in [0.4, 0.5) is 0 Å². The van der Waals surface area contributed by atoms with Crippen molar-refractivity contribution in [3.63, 3.8) is 0 Å². The molecule has 0 aromatic rings. The molecule has 1 aliphatic carbocycles. The zero-order chi connectivity index (χ0) is 9.19. The van der Waals surface area contributed by atoms with Gasteiger partial charge in [0.25, 0.3) is 0 Å². The van der Waals surface area contributed by atoms with Crippen LogP contribution < -0.4 is 4.98 Å². The molecule has 0 radical (unpaired) electrons. The van der Waals surface area contributed by atoms with E-state index in [1.54, 1.807) is 0 Å². The van der Waals surface area contributed by atoms with Gasteiger partial charge in [0, 0.05) is 6.04 Å². The first kappa shape index (κ1) is 10.1. The van der Waals surface area contributed by atoms with Crippen molar-refractivity contribution >= 4 is 8.97 Å². The highest BCUT2D eigenvalue weighted by atomic mass is 28.4. The summed E-state index contributed by atoms with van der Waals surface area (Å²) in [7, 11) is -4.02. The van der Waals surface area contributed by atoms with Gasteiger partial charge in [0.1, 0.15) is 0 Å². The van der Waals surface area contributed by atoms with E-state index in [9.17, 15) is 0 Å². The minimum absolute atomic E-state index is 0.0837. The maximum Gasteiger partial charge on any atom is 0.588 e. The summed E-state index contributed by atoms with van der Waals surface area (Å²) in [5, 5.41) is 0. The molecule has 0 bridgehead atoms. The predicted octanol–water partition coefficient (Wildman–Crippen LogP) is -0.433. The van der Waals surface area contributed by atoms with Crippen molar-refractivity contribution in [3.8, 4) is 0 Å². The van der Waals surface area contributed by atoms with Crippen LogP contribution in [-0.4, -0.2) is 29.4 Å². The van der Waals surface area contributed by atoms with Gasteiger partial charge in [-0.3, -0.25) is 4.98 Å². The fourth-order valence-electron chi connectivity index (χ4n) is 1.84. The molecule has 2 atom stereocenters. The molecule has 4 N–H and O–H groups in total. The quantitative estimate of drug-likeness (QED) is 0.447. The summed E-state index contributed by atoms with van der Waals surface area (Å²) in [4.78, 5) is 28.9. The highest BCUT2D eigenvalue weighted by Gasteiger charge is 2.32. The van der Waals surface area contributed by atoms with Crippen LogP contribution in [0.1, 0.15) is 32.6 Å². The second-order valence-electron chi connectivity index (χ2n) is 3.75. The summed E-state index contributed by atoms with van der Waals surface area (Å²) in [6.07, 6.45) is 4.16. The van der Waals surface area contributed by atoms with E-state index in [0.29, 0.717) is 5.92 Å². The molecule has 0 spiro atoms. The minimum atomic E-state index is -4.02. The monoisotopic (exact) mass is 191 g/mol. The summed E-state index contributed by atoms with van der Waals surface area (Å²) in [5.74, 6) is 0.618. The molecule has 5 heteroatoms. The standard InChI is InChI=1S/C7H17NO3Si/c1-6-3-2-4-7(5-6)8-12(9,10)11/h6-11H,2-5H2,1H3. The Morgan fingerprint density at radius 1 is 1.25 bits per heavy atom. The lowest BCUT2D eigenvalue weighted by molar-refractivity contribution is 0.187. The van der Waals surface area contributed by atoms with Gasteiger partial charge in [-0.1, -0.05) is 19.8 Å². The Balaban J connectivity index is 2.32. The van der Waals surface area contributed by atoms with Crippen molar-refractivity contribution in [1.82, 2.24) is 4.98 Å². The molecule has 0 aromatic carbocycles. The maximum absolute atomic E-state index is 8.80. The third-order valence-corrected chi connectivity index (χ3v) is 3.13. The molecule has 1 aliphatic rings. The molecule has 0 aliphatic heterocycles. The Morgan fingerprint density at radius 3 is 2.42 bits per heavy atom. The van der Waals surface area contributed by atoms with E-state index in [1.807, 2.05) is 0 Å². The summed E-state index contributed by atoms with van der Waals surface area (Å²) in [6, 6.07) is 0.0837. The van der Waals surface area contributed by atoms with E-state index >= 15 is 0 Å².